The summed E-state index contributed by atoms with van der Waals surface area (Å²) in [5.74, 6) is 2.28. The summed E-state index contributed by atoms with van der Waals surface area (Å²) in [4.78, 5) is 4.33. The Bertz CT molecular complexity index is 365. The second kappa shape index (κ2) is 6.74. The average Bonchev–Trinajstić information content (AvgIpc) is 2.40. The van der Waals surface area contributed by atoms with Crippen LogP contribution < -0.4 is 10.1 Å². The lowest BCUT2D eigenvalue weighted by Gasteiger charge is -2.31. The summed E-state index contributed by atoms with van der Waals surface area (Å²) in [6.07, 6.45) is 9.13. The lowest BCUT2D eigenvalue weighted by Crippen LogP contribution is -2.27. The molecule has 1 aliphatic carbocycles. The molecule has 1 saturated carbocycles. The van der Waals surface area contributed by atoms with Gasteiger partial charge in [0.2, 0.25) is 0 Å². The molecule has 0 saturated heterocycles. The van der Waals surface area contributed by atoms with Gasteiger partial charge in [-0.25, -0.2) is 0 Å². The highest BCUT2D eigenvalue weighted by Gasteiger charge is 2.26. The Morgan fingerprint density at radius 1 is 1.33 bits per heavy atom. The van der Waals surface area contributed by atoms with Crippen LogP contribution in [0.1, 0.15) is 44.1 Å². The molecule has 100 valence electrons. The fraction of sp³-hybridized carbons (Fsp3) is 0.667. The minimum Gasteiger partial charge on any atom is -0.492 e. The van der Waals surface area contributed by atoms with Gasteiger partial charge in [-0.2, -0.15) is 0 Å². The van der Waals surface area contributed by atoms with Crippen molar-refractivity contribution in [1.29, 1.82) is 0 Å². The van der Waals surface area contributed by atoms with Crippen LogP contribution in [0.25, 0.3) is 0 Å². The van der Waals surface area contributed by atoms with Gasteiger partial charge in [0, 0.05) is 6.20 Å². The number of nitrogens with one attached hydrogen (secondary N) is 1. The topological polar surface area (TPSA) is 34.1 Å². The molecule has 3 nitrogen and oxygen atoms in total. The molecule has 3 heteroatoms. The van der Waals surface area contributed by atoms with Crippen LogP contribution in [0.5, 0.6) is 5.75 Å². The first-order valence-corrected chi connectivity index (χ1v) is 7.07. The molecule has 1 N–H and O–H groups in total. The zero-order valence-electron chi connectivity index (χ0n) is 11.5. The molecule has 1 aromatic rings. The van der Waals surface area contributed by atoms with E-state index in [9.17, 15) is 0 Å². The molecule has 1 aromatic heterocycles. The van der Waals surface area contributed by atoms with Crippen molar-refractivity contribution < 1.29 is 4.74 Å². The van der Waals surface area contributed by atoms with Gasteiger partial charge in [0.15, 0.2) is 0 Å². The number of nitrogens with zero attached hydrogens (tertiary/aromatic N) is 1. The van der Waals surface area contributed by atoms with Crippen molar-refractivity contribution in [2.24, 2.45) is 5.92 Å². The molecule has 2 atom stereocenters. The standard InChI is InChI=1S/C15H24N2O/c1-3-18-14-8-13(10-17-11-14)15-7-5-4-6-12(15)9-16-2/h8,10-12,15-16H,3-7,9H2,1-2H3. The molecular weight excluding hydrogens is 224 g/mol. The van der Waals surface area contributed by atoms with E-state index in [0.29, 0.717) is 12.5 Å². The first-order valence-electron chi connectivity index (χ1n) is 7.07. The Morgan fingerprint density at radius 2 is 2.17 bits per heavy atom. The van der Waals surface area contributed by atoms with Crippen LogP contribution in [0.2, 0.25) is 0 Å². The highest BCUT2D eigenvalue weighted by Crippen LogP contribution is 2.37. The molecule has 0 aliphatic heterocycles. The van der Waals surface area contributed by atoms with E-state index in [1.165, 1.54) is 31.2 Å². The molecule has 1 fully saturated rings. The molecule has 0 radical (unpaired) electrons. The van der Waals surface area contributed by atoms with Crippen molar-refractivity contribution in [2.45, 2.75) is 38.5 Å². The Kier molecular flexibility index (Phi) is 5.00. The molecule has 1 aliphatic rings. The fourth-order valence-electron chi connectivity index (χ4n) is 3.04. The first-order chi connectivity index (χ1) is 8.85. The van der Waals surface area contributed by atoms with E-state index in [-0.39, 0.29) is 0 Å². The van der Waals surface area contributed by atoms with E-state index in [0.717, 1.165) is 18.2 Å². The van der Waals surface area contributed by atoms with E-state index in [4.69, 9.17) is 4.74 Å². The highest BCUT2D eigenvalue weighted by molar-refractivity contribution is 5.27. The predicted octanol–water partition coefficient (Wildman–Crippen LogP) is 2.97. The third-order valence-electron chi connectivity index (χ3n) is 3.85. The maximum absolute atomic E-state index is 5.55. The fourth-order valence-corrected chi connectivity index (χ4v) is 3.04. The van der Waals surface area contributed by atoms with Crippen molar-refractivity contribution in [3.05, 3.63) is 24.0 Å². The zero-order chi connectivity index (χ0) is 12.8. The van der Waals surface area contributed by atoms with Crippen LogP contribution in [0.15, 0.2) is 18.5 Å². The monoisotopic (exact) mass is 248 g/mol. The van der Waals surface area contributed by atoms with Gasteiger partial charge in [0.1, 0.15) is 5.75 Å². The third kappa shape index (κ3) is 3.22. The van der Waals surface area contributed by atoms with E-state index in [2.05, 4.69) is 16.4 Å². The Hall–Kier alpha value is -1.09. The van der Waals surface area contributed by atoms with Gasteiger partial charge in [0.05, 0.1) is 12.8 Å². The Labute approximate surface area is 110 Å². The summed E-state index contributed by atoms with van der Waals surface area (Å²) in [5, 5.41) is 3.33. The number of hydrogen-bond acceptors (Lipinski definition) is 3. The average molecular weight is 248 g/mol. The quantitative estimate of drug-likeness (QED) is 0.870. The predicted molar refractivity (Wildman–Crippen MR) is 74.0 cm³/mol. The third-order valence-corrected chi connectivity index (χ3v) is 3.85. The van der Waals surface area contributed by atoms with Crippen molar-refractivity contribution in [3.8, 4) is 5.75 Å². The molecule has 0 amide bonds. The van der Waals surface area contributed by atoms with E-state index in [1.807, 2.05) is 26.4 Å². The second-order valence-electron chi connectivity index (χ2n) is 5.10. The maximum atomic E-state index is 5.55. The normalized spacial score (nSPS) is 23.9. The molecule has 1 heterocycles. The van der Waals surface area contributed by atoms with Crippen molar-refractivity contribution >= 4 is 0 Å². The van der Waals surface area contributed by atoms with Crippen LogP contribution in [0.4, 0.5) is 0 Å². The first kappa shape index (κ1) is 13.3. The van der Waals surface area contributed by atoms with E-state index >= 15 is 0 Å². The van der Waals surface area contributed by atoms with E-state index < -0.39 is 0 Å². The molecule has 18 heavy (non-hydrogen) atoms. The van der Waals surface area contributed by atoms with Gasteiger partial charge >= 0.3 is 0 Å². The summed E-state index contributed by atoms with van der Waals surface area (Å²) < 4.78 is 5.55. The highest BCUT2D eigenvalue weighted by atomic mass is 16.5. The summed E-state index contributed by atoms with van der Waals surface area (Å²) in [7, 11) is 2.04. The van der Waals surface area contributed by atoms with Crippen molar-refractivity contribution in [3.63, 3.8) is 0 Å². The van der Waals surface area contributed by atoms with Crippen LogP contribution >= 0.6 is 0 Å². The van der Waals surface area contributed by atoms with Crippen LogP contribution in [-0.4, -0.2) is 25.2 Å². The number of pyridine rings is 1. The second-order valence-corrected chi connectivity index (χ2v) is 5.10. The summed E-state index contributed by atoms with van der Waals surface area (Å²) in [6, 6.07) is 2.18. The Morgan fingerprint density at radius 3 is 2.94 bits per heavy atom. The summed E-state index contributed by atoms with van der Waals surface area (Å²) >= 11 is 0. The summed E-state index contributed by atoms with van der Waals surface area (Å²) in [6.45, 7) is 3.82. The van der Waals surface area contributed by atoms with Crippen LogP contribution in [0.3, 0.4) is 0 Å². The van der Waals surface area contributed by atoms with Crippen molar-refractivity contribution in [2.75, 3.05) is 20.2 Å². The van der Waals surface area contributed by atoms with E-state index in [1.54, 1.807) is 0 Å². The maximum Gasteiger partial charge on any atom is 0.137 e. The number of aromatic nitrogens is 1. The number of rotatable bonds is 5. The Balaban J connectivity index is 2.14. The summed E-state index contributed by atoms with van der Waals surface area (Å²) in [5.41, 5.74) is 1.35. The van der Waals surface area contributed by atoms with Crippen LogP contribution in [0, 0.1) is 5.92 Å². The molecule has 0 spiro atoms. The lowest BCUT2D eigenvalue weighted by atomic mass is 9.76. The molecular formula is C15H24N2O. The van der Waals surface area contributed by atoms with Gasteiger partial charge in [-0.3, -0.25) is 4.98 Å². The number of hydrogen-bond donors (Lipinski definition) is 1. The largest absolute Gasteiger partial charge is 0.492 e. The molecule has 2 rings (SSSR count). The van der Waals surface area contributed by atoms with Gasteiger partial charge in [-0.1, -0.05) is 12.8 Å². The van der Waals surface area contributed by atoms with Crippen LogP contribution in [-0.2, 0) is 0 Å². The minimum absolute atomic E-state index is 0.638. The molecule has 0 aromatic carbocycles. The lowest BCUT2D eigenvalue weighted by molar-refractivity contribution is 0.298. The molecule has 2 unspecified atom stereocenters. The minimum atomic E-state index is 0.638. The van der Waals surface area contributed by atoms with Gasteiger partial charge in [-0.05, 0) is 56.8 Å². The molecule has 0 bridgehead atoms. The van der Waals surface area contributed by atoms with Gasteiger partial charge in [-0.15, -0.1) is 0 Å². The van der Waals surface area contributed by atoms with Gasteiger partial charge < -0.3 is 10.1 Å². The SMILES string of the molecule is CCOc1cncc(C2CCCCC2CNC)c1. The van der Waals surface area contributed by atoms with Gasteiger partial charge in [0.25, 0.3) is 0 Å². The smallest absolute Gasteiger partial charge is 0.137 e. The number of ether oxygens (including phenoxy) is 1. The zero-order valence-corrected chi connectivity index (χ0v) is 11.5. The van der Waals surface area contributed by atoms with Crippen molar-refractivity contribution in [1.82, 2.24) is 10.3 Å².